The van der Waals surface area contributed by atoms with Crippen molar-refractivity contribution in [1.29, 1.82) is 5.41 Å². The molecule has 0 radical (unpaired) electrons. The minimum absolute atomic E-state index is 0.136. The standard InChI is InChI=1S/C14H15N3O2/c1-10(7-8-15)16-12-9-13(18)17(14(12)19)11-5-3-2-4-6-11/h2-8,12,15-16H,9H2,1H3/b10-7-,15-8?. The van der Waals surface area contributed by atoms with Crippen molar-refractivity contribution in [2.45, 2.75) is 19.4 Å². The summed E-state index contributed by atoms with van der Waals surface area (Å²) in [6, 6.07) is 8.33. The maximum absolute atomic E-state index is 12.2. The number of hydrogen-bond acceptors (Lipinski definition) is 4. The Morgan fingerprint density at radius 2 is 2.05 bits per heavy atom. The summed E-state index contributed by atoms with van der Waals surface area (Å²) >= 11 is 0. The van der Waals surface area contributed by atoms with Crippen molar-refractivity contribution in [1.82, 2.24) is 5.32 Å². The summed E-state index contributed by atoms with van der Waals surface area (Å²) < 4.78 is 0. The van der Waals surface area contributed by atoms with Crippen molar-refractivity contribution >= 4 is 23.7 Å². The predicted octanol–water partition coefficient (Wildman–Crippen LogP) is 1.46. The van der Waals surface area contributed by atoms with Crippen LogP contribution in [0.25, 0.3) is 0 Å². The van der Waals surface area contributed by atoms with Gasteiger partial charge < -0.3 is 10.7 Å². The minimum atomic E-state index is -0.552. The Labute approximate surface area is 111 Å². The Morgan fingerprint density at radius 3 is 2.68 bits per heavy atom. The van der Waals surface area contributed by atoms with Gasteiger partial charge in [-0.3, -0.25) is 9.59 Å². The first kappa shape index (κ1) is 13.0. The second-order valence-electron chi connectivity index (χ2n) is 4.32. The average Bonchev–Trinajstić information content (AvgIpc) is 2.66. The lowest BCUT2D eigenvalue weighted by Gasteiger charge is -2.16. The molecule has 1 aliphatic rings. The van der Waals surface area contributed by atoms with Crippen molar-refractivity contribution in [2.75, 3.05) is 4.90 Å². The topological polar surface area (TPSA) is 73.3 Å². The van der Waals surface area contributed by atoms with Gasteiger partial charge in [-0.1, -0.05) is 18.2 Å². The Balaban J connectivity index is 2.17. The summed E-state index contributed by atoms with van der Waals surface area (Å²) in [6.45, 7) is 1.76. The lowest BCUT2D eigenvalue weighted by Crippen LogP contribution is -2.38. The van der Waals surface area contributed by atoms with Crippen LogP contribution >= 0.6 is 0 Å². The smallest absolute Gasteiger partial charge is 0.256 e. The monoisotopic (exact) mass is 257 g/mol. The van der Waals surface area contributed by atoms with E-state index in [9.17, 15) is 9.59 Å². The van der Waals surface area contributed by atoms with Crippen molar-refractivity contribution in [2.24, 2.45) is 0 Å². The summed E-state index contributed by atoms with van der Waals surface area (Å²) in [5.41, 5.74) is 1.28. The van der Waals surface area contributed by atoms with E-state index in [1.54, 1.807) is 37.3 Å². The first-order valence-electron chi connectivity index (χ1n) is 5.99. The van der Waals surface area contributed by atoms with Crippen molar-refractivity contribution in [3.8, 4) is 0 Å². The molecular weight excluding hydrogens is 242 g/mol. The Hall–Kier alpha value is -2.43. The number of carbonyl (C=O) groups is 2. The molecule has 0 aliphatic carbocycles. The van der Waals surface area contributed by atoms with E-state index in [1.807, 2.05) is 6.07 Å². The van der Waals surface area contributed by atoms with Crippen LogP contribution < -0.4 is 10.2 Å². The fourth-order valence-corrected chi connectivity index (χ4v) is 2.04. The molecule has 5 heteroatoms. The van der Waals surface area contributed by atoms with E-state index in [1.165, 1.54) is 4.90 Å². The zero-order chi connectivity index (χ0) is 13.8. The first-order valence-corrected chi connectivity index (χ1v) is 5.99. The molecule has 1 aliphatic heterocycles. The molecule has 0 aromatic heterocycles. The third-order valence-corrected chi connectivity index (χ3v) is 2.90. The molecule has 19 heavy (non-hydrogen) atoms. The fraction of sp³-hybridized carbons (Fsp3) is 0.214. The Kier molecular flexibility index (Phi) is 3.75. The fourth-order valence-electron chi connectivity index (χ4n) is 2.04. The van der Waals surface area contributed by atoms with Crippen molar-refractivity contribution < 1.29 is 9.59 Å². The van der Waals surface area contributed by atoms with Gasteiger partial charge in [0.1, 0.15) is 6.04 Å². The van der Waals surface area contributed by atoms with E-state index in [0.717, 1.165) is 6.21 Å². The number of nitrogens with one attached hydrogen (secondary N) is 2. The average molecular weight is 257 g/mol. The molecule has 2 N–H and O–H groups in total. The van der Waals surface area contributed by atoms with Gasteiger partial charge in [-0.15, -0.1) is 0 Å². The lowest BCUT2D eigenvalue weighted by molar-refractivity contribution is -0.121. The highest BCUT2D eigenvalue weighted by Gasteiger charge is 2.39. The number of hydrogen-bond donors (Lipinski definition) is 2. The number of imide groups is 1. The number of nitrogens with zero attached hydrogens (tertiary/aromatic N) is 1. The SMILES string of the molecule is C/C(=C/C=N)NC1CC(=O)N(c2ccccc2)C1=O. The zero-order valence-corrected chi connectivity index (χ0v) is 10.6. The number of para-hydroxylation sites is 1. The summed E-state index contributed by atoms with van der Waals surface area (Å²) in [5, 5.41) is 9.93. The largest absolute Gasteiger partial charge is 0.377 e. The van der Waals surface area contributed by atoms with Gasteiger partial charge >= 0.3 is 0 Å². The highest BCUT2D eigenvalue weighted by molar-refractivity contribution is 6.22. The Bertz CT molecular complexity index is 537. The first-order chi connectivity index (χ1) is 9.13. The van der Waals surface area contributed by atoms with Crippen LogP contribution in [0.15, 0.2) is 42.1 Å². The van der Waals surface area contributed by atoms with E-state index in [-0.39, 0.29) is 18.2 Å². The van der Waals surface area contributed by atoms with E-state index in [2.05, 4.69) is 5.32 Å². The van der Waals surface area contributed by atoms with Crippen LogP contribution in [0.5, 0.6) is 0 Å². The summed E-state index contributed by atoms with van der Waals surface area (Å²) in [5.74, 6) is -0.467. The van der Waals surface area contributed by atoms with Crippen LogP contribution in [-0.2, 0) is 9.59 Å². The molecule has 0 bridgehead atoms. The van der Waals surface area contributed by atoms with Gasteiger partial charge in [0.25, 0.3) is 5.91 Å². The molecule has 2 amide bonds. The highest BCUT2D eigenvalue weighted by atomic mass is 16.2. The molecular formula is C14H15N3O2. The van der Waals surface area contributed by atoms with Gasteiger partial charge in [0.15, 0.2) is 0 Å². The zero-order valence-electron chi connectivity index (χ0n) is 10.6. The lowest BCUT2D eigenvalue weighted by atomic mass is 10.2. The van der Waals surface area contributed by atoms with Crippen LogP contribution in [0.2, 0.25) is 0 Å². The number of rotatable bonds is 4. The van der Waals surface area contributed by atoms with E-state index in [4.69, 9.17) is 5.41 Å². The van der Waals surface area contributed by atoms with Gasteiger partial charge in [-0.2, -0.15) is 0 Å². The molecule has 1 aromatic carbocycles. The number of anilines is 1. The molecule has 1 atom stereocenters. The molecule has 98 valence electrons. The molecule has 0 saturated carbocycles. The number of benzene rings is 1. The molecule has 1 heterocycles. The Morgan fingerprint density at radius 1 is 1.37 bits per heavy atom. The molecule has 0 spiro atoms. The van der Waals surface area contributed by atoms with Gasteiger partial charge in [0, 0.05) is 11.9 Å². The maximum Gasteiger partial charge on any atom is 0.256 e. The molecule has 2 rings (SSSR count). The van der Waals surface area contributed by atoms with E-state index >= 15 is 0 Å². The normalized spacial score (nSPS) is 19.7. The summed E-state index contributed by atoms with van der Waals surface area (Å²) in [4.78, 5) is 25.4. The second kappa shape index (κ2) is 5.48. The van der Waals surface area contributed by atoms with Gasteiger partial charge in [-0.25, -0.2) is 4.90 Å². The van der Waals surface area contributed by atoms with Crippen LogP contribution in [-0.4, -0.2) is 24.1 Å². The van der Waals surface area contributed by atoms with Crippen molar-refractivity contribution in [3.05, 3.63) is 42.1 Å². The van der Waals surface area contributed by atoms with Gasteiger partial charge in [0.05, 0.1) is 12.1 Å². The highest BCUT2D eigenvalue weighted by Crippen LogP contribution is 2.22. The van der Waals surface area contributed by atoms with E-state index in [0.29, 0.717) is 11.4 Å². The maximum atomic E-state index is 12.2. The summed E-state index contributed by atoms with van der Waals surface area (Å²) in [7, 11) is 0. The second-order valence-corrected chi connectivity index (χ2v) is 4.32. The number of amides is 2. The minimum Gasteiger partial charge on any atom is -0.377 e. The molecule has 5 nitrogen and oxygen atoms in total. The summed E-state index contributed by atoms with van der Waals surface area (Å²) in [6.07, 6.45) is 2.82. The molecule has 1 unspecified atom stereocenters. The van der Waals surface area contributed by atoms with E-state index < -0.39 is 6.04 Å². The molecule has 1 aromatic rings. The van der Waals surface area contributed by atoms with Crippen LogP contribution in [0.1, 0.15) is 13.3 Å². The van der Waals surface area contributed by atoms with Gasteiger partial charge in [0.2, 0.25) is 5.91 Å². The third kappa shape index (κ3) is 2.70. The van der Waals surface area contributed by atoms with Crippen LogP contribution in [0.4, 0.5) is 5.69 Å². The molecule has 1 saturated heterocycles. The third-order valence-electron chi connectivity index (χ3n) is 2.90. The van der Waals surface area contributed by atoms with Gasteiger partial charge in [-0.05, 0) is 25.1 Å². The number of carbonyl (C=O) groups excluding carboxylic acids is 2. The number of allylic oxidation sites excluding steroid dienone is 2. The van der Waals surface area contributed by atoms with Crippen LogP contribution in [0.3, 0.4) is 0 Å². The predicted molar refractivity (Wildman–Crippen MR) is 73.0 cm³/mol. The molecule has 1 fully saturated rings. The van der Waals surface area contributed by atoms with Crippen LogP contribution in [0, 0.1) is 5.41 Å². The quantitative estimate of drug-likeness (QED) is 0.633. The van der Waals surface area contributed by atoms with Crippen molar-refractivity contribution in [3.63, 3.8) is 0 Å².